The molecule has 0 atom stereocenters. The second-order valence-corrected chi connectivity index (χ2v) is 3.82. The van der Waals surface area contributed by atoms with Crippen LogP contribution in [0.15, 0.2) is 0 Å². The zero-order valence-corrected chi connectivity index (χ0v) is 8.65. The van der Waals surface area contributed by atoms with Crippen LogP contribution in [0.3, 0.4) is 0 Å². The van der Waals surface area contributed by atoms with Gasteiger partial charge < -0.3 is 10.2 Å². The highest BCUT2D eigenvalue weighted by Gasteiger charge is 2.07. The van der Waals surface area contributed by atoms with Crippen molar-refractivity contribution in [2.75, 3.05) is 38.5 Å². The number of hydrogen-bond donors (Lipinski definition) is 2. The number of piperazine rings is 1. The summed E-state index contributed by atoms with van der Waals surface area (Å²) in [4.78, 5) is 2.55. The molecule has 0 saturated carbocycles. The van der Waals surface area contributed by atoms with Gasteiger partial charge in [-0.25, -0.2) is 0 Å². The number of hydrogen-bond acceptors (Lipinski definition) is 3. The minimum absolute atomic E-state index is 1.04. The van der Waals surface area contributed by atoms with E-state index >= 15 is 0 Å². The number of rotatable bonds is 5. The molecular formula is C9H20N2S. The van der Waals surface area contributed by atoms with Crippen LogP contribution in [0.5, 0.6) is 0 Å². The van der Waals surface area contributed by atoms with E-state index in [0.29, 0.717) is 0 Å². The van der Waals surface area contributed by atoms with Crippen LogP contribution in [-0.2, 0) is 0 Å². The normalized spacial score (nSPS) is 19.8. The Balaban J connectivity index is 1.91. The summed E-state index contributed by atoms with van der Waals surface area (Å²) in [6.45, 7) is 6.11. The van der Waals surface area contributed by atoms with E-state index in [1.54, 1.807) is 0 Å². The number of nitrogens with zero attached hydrogens (tertiary/aromatic N) is 1. The topological polar surface area (TPSA) is 15.3 Å². The van der Waals surface area contributed by atoms with Gasteiger partial charge >= 0.3 is 0 Å². The van der Waals surface area contributed by atoms with Crippen molar-refractivity contribution in [2.24, 2.45) is 0 Å². The van der Waals surface area contributed by atoms with Gasteiger partial charge in [-0.3, -0.25) is 0 Å². The third-order valence-corrected chi connectivity index (χ3v) is 2.66. The summed E-state index contributed by atoms with van der Waals surface area (Å²) in [5, 5.41) is 3.36. The third kappa shape index (κ3) is 4.33. The van der Waals surface area contributed by atoms with Crippen LogP contribution in [0.2, 0.25) is 0 Å². The van der Waals surface area contributed by atoms with Crippen LogP contribution in [0.1, 0.15) is 19.3 Å². The Hall–Kier alpha value is 0.270. The van der Waals surface area contributed by atoms with Crippen molar-refractivity contribution in [3.63, 3.8) is 0 Å². The van der Waals surface area contributed by atoms with E-state index in [1.807, 2.05) is 0 Å². The van der Waals surface area contributed by atoms with Crippen molar-refractivity contribution in [2.45, 2.75) is 19.3 Å². The van der Waals surface area contributed by atoms with Crippen LogP contribution in [0.25, 0.3) is 0 Å². The molecule has 0 unspecified atom stereocenters. The Morgan fingerprint density at radius 1 is 1.08 bits per heavy atom. The van der Waals surface area contributed by atoms with Crippen molar-refractivity contribution < 1.29 is 0 Å². The first-order valence-corrected chi connectivity index (χ1v) is 5.60. The summed E-state index contributed by atoms with van der Waals surface area (Å²) in [7, 11) is 0. The second-order valence-electron chi connectivity index (χ2n) is 3.38. The molecule has 1 aliphatic heterocycles. The molecule has 1 N–H and O–H groups in total. The van der Waals surface area contributed by atoms with E-state index in [2.05, 4.69) is 22.8 Å². The second kappa shape index (κ2) is 6.75. The molecule has 0 aromatic rings. The molecule has 0 aliphatic carbocycles. The smallest absolute Gasteiger partial charge is 0.0107 e. The minimum atomic E-state index is 1.04. The largest absolute Gasteiger partial charge is 0.314 e. The lowest BCUT2D eigenvalue weighted by molar-refractivity contribution is 0.236. The van der Waals surface area contributed by atoms with Crippen molar-refractivity contribution in [1.29, 1.82) is 0 Å². The molecule has 1 fully saturated rings. The minimum Gasteiger partial charge on any atom is -0.314 e. The molecule has 0 amide bonds. The molecule has 1 rings (SSSR count). The van der Waals surface area contributed by atoms with Crippen molar-refractivity contribution in [3.05, 3.63) is 0 Å². The fourth-order valence-electron chi connectivity index (χ4n) is 1.56. The van der Waals surface area contributed by atoms with Gasteiger partial charge in [0.2, 0.25) is 0 Å². The Bertz CT molecular complexity index is 103. The van der Waals surface area contributed by atoms with Gasteiger partial charge in [0.1, 0.15) is 0 Å². The van der Waals surface area contributed by atoms with Crippen LogP contribution < -0.4 is 5.32 Å². The molecule has 0 radical (unpaired) electrons. The quantitative estimate of drug-likeness (QED) is 0.494. The lowest BCUT2D eigenvalue weighted by Crippen LogP contribution is -2.43. The van der Waals surface area contributed by atoms with Gasteiger partial charge in [-0.05, 0) is 25.1 Å². The van der Waals surface area contributed by atoms with Crippen LogP contribution in [-0.4, -0.2) is 43.4 Å². The van der Waals surface area contributed by atoms with Crippen LogP contribution in [0, 0.1) is 0 Å². The Labute approximate surface area is 81.1 Å². The van der Waals surface area contributed by atoms with Crippen molar-refractivity contribution in [1.82, 2.24) is 10.2 Å². The summed E-state index contributed by atoms with van der Waals surface area (Å²) in [6, 6.07) is 0. The molecule has 0 aromatic heterocycles. The maximum absolute atomic E-state index is 4.20. The molecule has 1 saturated heterocycles. The molecule has 2 nitrogen and oxygen atoms in total. The molecule has 0 aromatic carbocycles. The Morgan fingerprint density at radius 3 is 2.50 bits per heavy atom. The van der Waals surface area contributed by atoms with Gasteiger partial charge in [0.25, 0.3) is 0 Å². The fraction of sp³-hybridized carbons (Fsp3) is 1.00. The molecule has 12 heavy (non-hydrogen) atoms. The molecule has 0 bridgehead atoms. The molecule has 1 heterocycles. The molecule has 0 spiro atoms. The van der Waals surface area contributed by atoms with E-state index < -0.39 is 0 Å². The predicted octanol–water partition coefficient (Wildman–Crippen LogP) is 0.992. The van der Waals surface area contributed by atoms with Crippen molar-refractivity contribution >= 4 is 12.6 Å². The van der Waals surface area contributed by atoms with Gasteiger partial charge in [-0.15, -0.1) is 0 Å². The van der Waals surface area contributed by atoms with Gasteiger partial charge in [0, 0.05) is 26.2 Å². The number of unbranched alkanes of at least 4 members (excludes halogenated alkanes) is 2. The highest BCUT2D eigenvalue weighted by Crippen LogP contribution is 2.00. The van der Waals surface area contributed by atoms with E-state index in [4.69, 9.17) is 0 Å². The standard InChI is InChI=1S/C9H20N2S/c12-9-3-1-2-6-11-7-4-10-5-8-11/h10,12H,1-9H2. The molecule has 3 heteroatoms. The van der Waals surface area contributed by atoms with E-state index in [1.165, 1.54) is 52.0 Å². The summed E-state index contributed by atoms with van der Waals surface area (Å²) in [5.74, 6) is 1.04. The van der Waals surface area contributed by atoms with E-state index in [0.717, 1.165) is 5.75 Å². The molecular weight excluding hydrogens is 168 g/mol. The van der Waals surface area contributed by atoms with Crippen LogP contribution in [0.4, 0.5) is 0 Å². The summed E-state index contributed by atoms with van der Waals surface area (Å²) in [6.07, 6.45) is 3.96. The molecule has 72 valence electrons. The first-order chi connectivity index (χ1) is 5.93. The maximum Gasteiger partial charge on any atom is 0.0107 e. The van der Waals surface area contributed by atoms with Crippen LogP contribution >= 0.6 is 12.6 Å². The average molecular weight is 188 g/mol. The monoisotopic (exact) mass is 188 g/mol. The summed E-state index contributed by atoms with van der Waals surface area (Å²) in [5.41, 5.74) is 0. The van der Waals surface area contributed by atoms with Gasteiger partial charge in [-0.1, -0.05) is 6.42 Å². The zero-order valence-electron chi connectivity index (χ0n) is 7.76. The maximum atomic E-state index is 4.20. The Kier molecular flexibility index (Phi) is 5.82. The third-order valence-electron chi connectivity index (χ3n) is 2.34. The highest BCUT2D eigenvalue weighted by molar-refractivity contribution is 7.80. The van der Waals surface area contributed by atoms with Gasteiger partial charge in [-0.2, -0.15) is 12.6 Å². The lowest BCUT2D eigenvalue weighted by Gasteiger charge is -2.26. The molecule has 1 aliphatic rings. The lowest BCUT2D eigenvalue weighted by atomic mass is 10.2. The Morgan fingerprint density at radius 2 is 1.83 bits per heavy atom. The number of thiol groups is 1. The highest BCUT2D eigenvalue weighted by atomic mass is 32.1. The van der Waals surface area contributed by atoms with Gasteiger partial charge in [0.05, 0.1) is 0 Å². The average Bonchev–Trinajstić information content (AvgIpc) is 2.14. The summed E-state index contributed by atoms with van der Waals surface area (Å²) >= 11 is 4.20. The van der Waals surface area contributed by atoms with E-state index in [-0.39, 0.29) is 0 Å². The number of nitrogens with one attached hydrogen (secondary N) is 1. The van der Waals surface area contributed by atoms with E-state index in [9.17, 15) is 0 Å². The first-order valence-electron chi connectivity index (χ1n) is 4.97. The van der Waals surface area contributed by atoms with Crippen molar-refractivity contribution in [3.8, 4) is 0 Å². The summed E-state index contributed by atoms with van der Waals surface area (Å²) < 4.78 is 0. The van der Waals surface area contributed by atoms with Gasteiger partial charge in [0.15, 0.2) is 0 Å². The first kappa shape index (κ1) is 10.4. The SMILES string of the molecule is SCCCCCN1CCNCC1. The zero-order chi connectivity index (χ0) is 8.65. The predicted molar refractivity (Wildman–Crippen MR) is 57.0 cm³/mol. The fourth-order valence-corrected chi connectivity index (χ4v) is 1.78.